The van der Waals surface area contributed by atoms with Crippen LogP contribution in [0.1, 0.15) is 37.4 Å². The van der Waals surface area contributed by atoms with Crippen molar-refractivity contribution < 1.29 is 27.8 Å². The largest absolute Gasteiger partial charge is 0.478 e. The van der Waals surface area contributed by atoms with E-state index in [0.29, 0.717) is 22.5 Å². The smallest absolute Gasteiger partial charge is 0.327 e. The summed E-state index contributed by atoms with van der Waals surface area (Å²) in [6.07, 6.45) is 5.52. The highest BCUT2D eigenvalue weighted by atomic mass is 32.2. The van der Waals surface area contributed by atoms with Gasteiger partial charge in [-0.05, 0) is 36.6 Å². The van der Waals surface area contributed by atoms with E-state index in [1.807, 2.05) is 13.8 Å². The van der Waals surface area contributed by atoms with E-state index in [2.05, 4.69) is 9.97 Å². The molecule has 1 aromatic heterocycles. The first-order valence-electron chi connectivity index (χ1n) is 9.77. The lowest BCUT2D eigenvalue weighted by molar-refractivity contribution is -0.131. The summed E-state index contributed by atoms with van der Waals surface area (Å²) in [4.78, 5) is 19.5. The molecule has 2 aromatic rings. The molecule has 2 N–H and O–H groups in total. The monoisotopic (exact) mass is 463 g/mol. The molecule has 1 heterocycles. The van der Waals surface area contributed by atoms with Gasteiger partial charge >= 0.3 is 5.97 Å². The minimum atomic E-state index is -3.63. The zero-order valence-corrected chi connectivity index (χ0v) is 19.0. The Balaban J connectivity index is 2.65. The van der Waals surface area contributed by atoms with Gasteiger partial charge in [-0.2, -0.15) is 0 Å². The summed E-state index contributed by atoms with van der Waals surface area (Å²) in [5.41, 5.74) is 1.99. The number of carboxylic acids is 1. The highest BCUT2D eigenvalue weighted by molar-refractivity contribution is 7.92. The first-order valence-corrected chi connectivity index (χ1v) is 11.6. The maximum Gasteiger partial charge on any atom is 0.327 e. The number of rotatable bonds is 9. The Morgan fingerprint density at radius 3 is 2.38 bits per heavy atom. The Hall–Kier alpha value is -3.11. The highest BCUT2D eigenvalue weighted by Gasteiger charge is 2.22. The molecule has 0 amide bonds. The fourth-order valence-corrected chi connectivity index (χ4v) is 3.17. The molecule has 0 radical (unpaired) electrons. The van der Waals surface area contributed by atoms with Crippen molar-refractivity contribution in [3.05, 3.63) is 59.6 Å². The maximum atomic E-state index is 13.5. The van der Waals surface area contributed by atoms with Gasteiger partial charge in [0, 0.05) is 24.3 Å². The van der Waals surface area contributed by atoms with E-state index >= 15 is 0 Å². The van der Waals surface area contributed by atoms with E-state index in [9.17, 15) is 22.7 Å². The van der Waals surface area contributed by atoms with E-state index in [1.54, 1.807) is 6.08 Å². The van der Waals surface area contributed by atoms with Crippen LogP contribution in [0.15, 0.2) is 42.5 Å². The van der Waals surface area contributed by atoms with Gasteiger partial charge in [-0.3, -0.25) is 0 Å². The van der Waals surface area contributed by atoms with Crippen molar-refractivity contribution in [3.8, 4) is 11.3 Å². The molecule has 0 fully saturated rings. The molecule has 0 spiro atoms. The number of halogens is 1. The van der Waals surface area contributed by atoms with Crippen LogP contribution >= 0.6 is 0 Å². The molecule has 0 aliphatic carbocycles. The molecule has 8 nitrogen and oxygen atoms in total. The van der Waals surface area contributed by atoms with Crippen molar-refractivity contribution in [2.24, 2.45) is 0 Å². The number of carboxylic acid groups (broad SMARTS) is 1. The topological polar surface area (TPSA) is 121 Å². The quantitative estimate of drug-likeness (QED) is 0.548. The maximum absolute atomic E-state index is 13.5. The van der Waals surface area contributed by atoms with E-state index in [0.717, 1.165) is 16.6 Å². The van der Waals surface area contributed by atoms with Crippen LogP contribution in [0.5, 0.6) is 0 Å². The second-order valence-electron chi connectivity index (χ2n) is 7.47. The predicted octanol–water partition coefficient (Wildman–Crippen LogP) is 3.21. The second-order valence-corrected chi connectivity index (χ2v) is 9.48. The highest BCUT2D eigenvalue weighted by Crippen LogP contribution is 2.31. The third-order valence-electron chi connectivity index (χ3n) is 4.53. The molecule has 0 aliphatic rings. The summed E-state index contributed by atoms with van der Waals surface area (Å²) >= 11 is 0. The molecule has 1 atom stereocenters. The molecule has 0 bridgehead atoms. The zero-order chi connectivity index (χ0) is 24.1. The molecule has 0 aliphatic heterocycles. The number of nitrogens with zero attached hydrogens (tertiary/aromatic N) is 3. The molecule has 0 unspecified atom stereocenters. The van der Waals surface area contributed by atoms with E-state index < -0.39 is 27.9 Å². The SMILES string of the molecule is CC(C)c1nc(N(C)S(C)(=O)=O)nc(-c2ccc(F)cc2)c1/C=C/[C@@H](O)C/C=C\C(=O)O. The fourth-order valence-electron chi connectivity index (χ4n) is 2.79. The number of carbonyl (C=O) groups is 1. The first kappa shape index (κ1) is 25.2. The number of hydrogen-bond donors (Lipinski definition) is 2. The van der Waals surface area contributed by atoms with Crippen molar-refractivity contribution in [1.82, 2.24) is 9.97 Å². The van der Waals surface area contributed by atoms with Crippen molar-refractivity contribution in [2.75, 3.05) is 17.6 Å². The number of benzene rings is 1. The Labute approximate surface area is 186 Å². The summed E-state index contributed by atoms with van der Waals surface area (Å²) in [5.74, 6) is -1.70. The van der Waals surface area contributed by atoms with Crippen molar-refractivity contribution in [2.45, 2.75) is 32.3 Å². The lowest BCUT2D eigenvalue weighted by atomic mass is 9.97. The van der Waals surface area contributed by atoms with E-state index in [-0.39, 0.29) is 18.3 Å². The Morgan fingerprint density at radius 2 is 1.84 bits per heavy atom. The number of sulfonamides is 1. The van der Waals surface area contributed by atoms with Crippen molar-refractivity contribution in [1.29, 1.82) is 0 Å². The lowest BCUT2D eigenvalue weighted by Crippen LogP contribution is -2.27. The lowest BCUT2D eigenvalue weighted by Gasteiger charge is -2.20. The van der Waals surface area contributed by atoms with Crippen LogP contribution < -0.4 is 4.31 Å². The van der Waals surface area contributed by atoms with Gasteiger partial charge in [0.25, 0.3) is 0 Å². The average Bonchev–Trinajstić information content (AvgIpc) is 2.70. The van der Waals surface area contributed by atoms with Crippen LogP contribution in [0.25, 0.3) is 17.3 Å². The zero-order valence-electron chi connectivity index (χ0n) is 18.2. The fraction of sp³-hybridized carbons (Fsp3) is 0.318. The minimum Gasteiger partial charge on any atom is -0.478 e. The molecule has 2 rings (SSSR count). The van der Waals surface area contributed by atoms with Gasteiger partial charge in [0.1, 0.15) is 5.82 Å². The van der Waals surface area contributed by atoms with Crippen LogP contribution in [-0.2, 0) is 14.8 Å². The number of anilines is 1. The van der Waals surface area contributed by atoms with Gasteiger partial charge in [-0.1, -0.05) is 32.1 Å². The Bertz CT molecular complexity index is 1130. The third kappa shape index (κ3) is 6.69. The summed E-state index contributed by atoms with van der Waals surface area (Å²) in [6, 6.07) is 5.59. The van der Waals surface area contributed by atoms with Gasteiger partial charge < -0.3 is 10.2 Å². The number of aliphatic carboxylic acids is 1. The molecule has 172 valence electrons. The Kier molecular flexibility index (Phi) is 8.23. The van der Waals surface area contributed by atoms with Crippen molar-refractivity contribution >= 4 is 28.0 Å². The predicted molar refractivity (Wildman–Crippen MR) is 121 cm³/mol. The Morgan fingerprint density at radius 1 is 1.22 bits per heavy atom. The molecule has 1 aromatic carbocycles. The van der Waals surface area contributed by atoms with Crippen molar-refractivity contribution in [3.63, 3.8) is 0 Å². The first-order chi connectivity index (χ1) is 14.9. The van der Waals surface area contributed by atoms with Crippen LogP contribution in [0.3, 0.4) is 0 Å². The molecular weight excluding hydrogens is 437 g/mol. The normalized spacial score (nSPS) is 13.2. The number of aliphatic hydroxyl groups is 1. The summed E-state index contributed by atoms with van der Waals surface area (Å²) in [5, 5.41) is 18.9. The van der Waals surface area contributed by atoms with Gasteiger partial charge in [-0.25, -0.2) is 31.9 Å². The standard InChI is InChI=1S/C22H26FN3O5S/c1-14(2)20-18(13-12-17(27)6-5-7-19(28)29)21(15-8-10-16(23)11-9-15)25-22(24-20)26(3)32(4,30)31/h5,7-14,17,27H,6H2,1-4H3,(H,28,29)/b7-5-,13-12+/t17-/m0/s1. The number of aromatic nitrogens is 2. The van der Waals surface area contributed by atoms with Gasteiger partial charge in [0.15, 0.2) is 0 Å². The molecule has 0 saturated heterocycles. The number of hydrogen-bond acceptors (Lipinski definition) is 6. The molecular formula is C22H26FN3O5S. The summed E-state index contributed by atoms with van der Waals surface area (Å²) in [7, 11) is -2.28. The van der Waals surface area contributed by atoms with E-state index in [4.69, 9.17) is 5.11 Å². The third-order valence-corrected chi connectivity index (χ3v) is 5.69. The summed E-state index contributed by atoms with van der Waals surface area (Å²) in [6.45, 7) is 3.76. The van der Waals surface area contributed by atoms with Crippen LogP contribution in [0, 0.1) is 5.82 Å². The van der Waals surface area contributed by atoms with Crippen LogP contribution in [0.2, 0.25) is 0 Å². The van der Waals surface area contributed by atoms with E-state index in [1.165, 1.54) is 43.5 Å². The minimum absolute atomic E-state index is 0.0300. The van der Waals surface area contributed by atoms with Gasteiger partial charge in [-0.15, -0.1) is 0 Å². The van der Waals surface area contributed by atoms with Gasteiger partial charge in [0.2, 0.25) is 16.0 Å². The average molecular weight is 464 g/mol. The van der Waals surface area contributed by atoms with Crippen LogP contribution in [-0.4, -0.2) is 54.0 Å². The molecule has 32 heavy (non-hydrogen) atoms. The summed E-state index contributed by atoms with van der Waals surface area (Å²) < 4.78 is 38.6. The molecule has 10 heteroatoms. The number of aliphatic hydroxyl groups excluding tert-OH is 1. The van der Waals surface area contributed by atoms with Crippen LogP contribution in [0.4, 0.5) is 10.3 Å². The van der Waals surface area contributed by atoms with Gasteiger partial charge in [0.05, 0.1) is 23.7 Å². The molecule has 0 saturated carbocycles. The second kappa shape index (κ2) is 10.5.